The lowest BCUT2D eigenvalue weighted by Crippen LogP contribution is -2.21. The maximum Gasteiger partial charge on any atom is 0.306 e. The molecule has 0 aliphatic rings. The molecule has 0 saturated heterocycles. The van der Waals surface area contributed by atoms with Crippen LogP contribution in [0.5, 0.6) is 0 Å². The zero-order valence-corrected chi connectivity index (χ0v) is 18.1. The van der Waals surface area contributed by atoms with Gasteiger partial charge in [0.25, 0.3) is 0 Å². The van der Waals surface area contributed by atoms with Gasteiger partial charge in [-0.3, -0.25) is 4.79 Å². The highest BCUT2D eigenvalue weighted by Crippen LogP contribution is 2.38. The second-order valence-corrected chi connectivity index (χ2v) is 12.5. The van der Waals surface area contributed by atoms with Crippen LogP contribution in [0.1, 0.15) is 36.3 Å². The summed E-state index contributed by atoms with van der Waals surface area (Å²) >= 11 is 0. The van der Waals surface area contributed by atoms with Crippen LogP contribution in [0.4, 0.5) is 13.2 Å². The first-order valence-corrected chi connectivity index (χ1v) is 13.0. The van der Waals surface area contributed by atoms with Gasteiger partial charge in [0.1, 0.15) is 25.5 Å². The third kappa shape index (κ3) is 6.50. The summed E-state index contributed by atoms with van der Waals surface area (Å²) in [6, 6.07) is 9.21. The van der Waals surface area contributed by atoms with E-state index in [1.807, 2.05) is 19.6 Å². The first kappa shape index (κ1) is 22.8. The second-order valence-electron chi connectivity index (χ2n) is 7.80. The quantitative estimate of drug-likeness (QED) is 0.336. The Morgan fingerprint density at radius 3 is 2.14 bits per heavy atom. The molecule has 2 aromatic rings. The maximum atomic E-state index is 14.7. The lowest BCUT2D eigenvalue weighted by atomic mass is 9.79. The van der Waals surface area contributed by atoms with E-state index >= 15 is 0 Å². The predicted molar refractivity (Wildman–Crippen MR) is 111 cm³/mol. The largest absolute Gasteiger partial charge is 0.466 e. The molecule has 154 valence electrons. The fraction of sp³-hybridized carbons (Fsp3) is 0.348. The zero-order chi connectivity index (χ0) is 21.6. The lowest BCUT2D eigenvalue weighted by molar-refractivity contribution is -0.143. The van der Waals surface area contributed by atoms with Gasteiger partial charge in [-0.25, -0.2) is 13.2 Å². The number of rotatable bonds is 6. The number of esters is 1. The van der Waals surface area contributed by atoms with Gasteiger partial charge in [0.15, 0.2) is 0 Å². The van der Waals surface area contributed by atoms with E-state index in [4.69, 9.17) is 4.74 Å². The van der Waals surface area contributed by atoms with Crippen LogP contribution in [0, 0.1) is 28.9 Å². The minimum Gasteiger partial charge on any atom is -0.466 e. The molecule has 6 heteroatoms. The number of carbonyl (C=O) groups is 1. The molecule has 0 saturated carbocycles. The Balaban J connectivity index is 2.65. The normalized spacial score (nSPS) is 13.2. The molecule has 0 N–H and O–H groups in total. The maximum absolute atomic E-state index is 14.7. The van der Waals surface area contributed by atoms with Gasteiger partial charge in [-0.2, -0.15) is 0 Å². The summed E-state index contributed by atoms with van der Waals surface area (Å²) in [6.45, 7) is 7.97. The molecule has 0 aliphatic heterocycles. The molecule has 0 fully saturated rings. The molecular weight excluding hydrogens is 393 g/mol. The van der Waals surface area contributed by atoms with Crippen molar-refractivity contribution in [3.05, 3.63) is 71.0 Å². The molecule has 0 amide bonds. The summed E-state index contributed by atoms with van der Waals surface area (Å²) in [7, 11) is -1.83. The van der Waals surface area contributed by atoms with Gasteiger partial charge < -0.3 is 4.74 Å². The highest BCUT2D eigenvalue weighted by atomic mass is 28.3. The highest BCUT2D eigenvalue weighted by molar-refractivity contribution is 6.83. The summed E-state index contributed by atoms with van der Waals surface area (Å²) < 4.78 is 47.8. The Hall–Kier alpha value is -2.52. The molecule has 29 heavy (non-hydrogen) atoms. The van der Waals surface area contributed by atoms with Crippen LogP contribution < -0.4 is 0 Å². The van der Waals surface area contributed by atoms with E-state index in [1.54, 1.807) is 6.92 Å². The van der Waals surface area contributed by atoms with E-state index in [9.17, 15) is 18.0 Å². The van der Waals surface area contributed by atoms with Crippen molar-refractivity contribution in [2.24, 2.45) is 0 Å². The van der Waals surface area contributed by atoms with Gasteiger partial charge in [0, 0.05) is 11.5 Å². The molecule has 2 atom stereocenters. The molecule has 2 unspecified atom stereocenters. The summed E-state index contributed by atoms with van der Waals surface area (Å²) in [6.07, 6.45) is -0.242. The molecule has 0 heterocycles. The summed E-state index contributed by atoms with van der Waals surface area (Å²) in [5, 5.41) is 0. The van der Waals surface area contributed by atoms with Gasteiger partial charge in [0.2, 0.25) is 0 Å². The predicted octanol–water partition coefficient (Wildman–Crippen LogP) is 5.81. The molecule has 0 radical (unpaired) electrons. The molecule has 0 spiro atoms. The van der Waals surface area contributed by atoms with Crippen LogP contribution in [-0.2, 0) is 9.53 Å². The molecule has 2 rings (SSSR count). The molecular formula is C23H25F3O2Si. The number of ether oxygens (including phenoxy) is 1. The Labute approximate surface area is 171 Å². The third-order valence-corrected chi connectivity index (χ3v) is 5.19. The van der Waals surface area contributed by atoms with Crippen molar-refractivity contribution in [2.75, 3.05) is 6.61 Å². The summed E-state index contributed by atoms with van der Waals surface area (Å²) in [5.74, 6) is -0.956. The minimum atomic E-state index is -1.83. The fourth-order valence-corrected chi connectivity index (χ4v) is 3.62. The van der Waals surface area contributed by atoms with Gasteiger partial charge in [-0.15, -0.1) is 11.5 Å². The van der Waals surface area contributed by atoms with Crippen molar-refractivity contribution in [3.63, 3.8) is 0 Å². The molecule has 2 nitrogen and oxygen atoms in total. The van der Waals surface area contributed by atoms with Crippen molar-refractivity contribution in [1.82, 2.24) is 0 Å². The van der Waals surface area contributed by atoms with Crippen LogP contribution in [-0.4, -0.2) is 20.7 Å². The number of hydrogen-bond acceptors (Lipinski definition) is 2. The van der Waals surface area contributed by atoms with Crippen molar-refractivity contribution >= 4 is 14.0 Å². The Morgan fingerprint density at radius 2 is 1.62 bits per heavy atom. The van der Waals surface area contributed by atoms with E-state index in [1.165, 1.54) is 30.3 Å². The van der Waals surface area contributed by atoms with E-state index in [-0.39, 0.29) is 18.6 Å². The smallest absolute Gasteiger partial charge is 0.306 e. The number of carbonyl (C=O) groups excluding carboxylic acids is 1. The Bertz CT molecular complexity index is 888. The van der Waals surface area contributed by atoms with Gasteiger partial charge in [0.05, 0.1) is 18.9 Å². The summed E-state index contributed by atoms with van der Waals surface area (Å²) in [4.78, 5) is 12.3. The van der Waals surface area contributed by atoms with E-state index < -0.39 is 43.3 Å². The van der Waals surface area contributed by atoms with E-state index in [0.717, 1.165) is 12.1 Å². The standard InChI is InChI=1S/C23H25F3O2Si/c1-5-28-22(27)15-19(23-20(25)7-6-8-21(23)26)18(13-14-29(2,3)4)16-9-11-17(24)12-10-16/h6-12,18-19H,5,15H2,1-4H3. The molecule has 0 bridgehead atoms. The number of halogens is 3. The number of hydrogen-bond donors (Lipinski definition) is 0. The zero-order valence-electron chi connectivity index (χ0n) is 17.1. The van der Waals surface area contributed by atoms with Crippen LogP contribution >= 0.6 is 0 Å². The topological polar surface area (TPSA) is 26.3 Å². The van der Waals surface area contributed by atoms with Crippen molar-refractivity contribution < 1.29 is 22.7 Å². The van der Waals surface area contributed by atoms with Crippen molar-refractivity contribution in [3.8, 4) is 11.5 Å². The van der Waals surface area contributed by atoms with Gasteiger partial charge in [-0.1, -0.05) is 37.8 Å². The van der Waals surface area contributed by atoms with E-state index in [2.05, 4.69) is 11.5 Å². The SMILES string of the molecule is CCOC(=O)CC(c1c(F)cccc1F)C(C#C[Si](C)(C)C)c1ccc(F)cc1. The first-order valence-electron chi connectivity index (χ1n) is 9.50. The van der Waals surface area contributed by atoms with Crippen molar-refractivity contribution in [2.45, 2.75) is 44.8 Å². The Kier molecular flexibility index (Phi) is 7.69. The summed E-state index contributed by atoms with van der Waals surface area (Å²) in [5.41, 5.74) is 3.61. The van der Waals surface area contributed by atoms with Crippen LogP contribution in [0.2, 0.25) is 19.6 Å². The lowest BCUT2D eigenvalue weighted by Gasteiger charge is -2.25. The van der Waals surface area contributed by atoms with Crippen LogP contribution in [0.25, 0.3) is 0 Å². The Morgan fingerprint density at radius 1 is 1.03 bits per heavy atom. The van der Waals surface area contributed by atoms with E-state index in [0.29, 0.717) is 5.56 Å². The van der Waals surface area contributed by atoms with Crippen LogP contribution in [0.3, 0.4) is 0 Å². The first-order chi connectivity index (χ1) is 13.6. The van der Waals surface area contributed by atoms with Crippen molar-refractivity contribution in [1.29, 1.82) is 0 Å². The van der Waals surface area contributed by atoms with Gasteiger partial charge >= 0.3 is 5.97 Å². The molecule has 0 aliphatic carbocycles. The molecule has 0 aromatic heterocycles. The monoisotopic (exact) mass is 418 g/mol. The highest BCUT2D eigenvalue weighted by Gasteiger charge is 2.31. The minimum absolute atomic E-state index is 0.160. The number of benzene rings is 2. The second kappa shape index (κ2) is 9.79. The van der Waals surface area contributed by atoms with Gasteiger partial charge in [-0.05, 0) is 36.8 Å². The average Bonchev–Trinajstić information content (AvgIpc) is 2.62. The third-order valence-electron chi connectivity index (χ3n) is 4.30. The fourth-order valence-electron chi connectivity index (χ4n) is 3.03. The molecule has 2 aromatic carbocycles. The van der Waals surface area contributed by atoms with Crippen LogP contribution in [0.15, 0.2) is 42.5 Å². The average molecular weight is 419 g/mol.